The standard InChI is InChI=1S/C6H14N2/c1-5-3-8-6(5)4-7-2/h5-8H,3-4H2,1-2H3/t5-,6-/m1/s1. The maximum Gasteiger partial charge on any atom is 0.0230 e. The van der Waals surface area contributed by atoms with Gasteiger partial charge in [0.15, 0.2) is 0 Å². The predicted molar refractivity (Wildman–Crippen MR) is 34.9 cm³/mol. The number of hydrogen-bond acceptors (Lipinski definition) is 2. The van der Waals surface area contributed by atoms with Crippen LogP contribution in [0.5, 0.6) is 0 Å². The molecular formula is C6H14N2. The lowest BCUT2D eigenvalue weighted by Gasteiger charge is -2.35. The summed E-state index contributed by atoms with van der Waals surface area (Å²) in [5.74, 6) is 0.877. The molecule has 1 aliphatic heterocycles. The third kappa shape index (κ3) is 1.01. The highest BCUT2D eigenvalue weighted by atomic mass is 15.0. The molecule has 1 heterocycles. The molecule has 0 aromatic carbocycles. The number of hydrogen-bond donors (Lipinski definition) is 2. The van der Waals surface area contributed by atoms with Crippen LogP contribution in [0.1, 0.15) is 6.92 Å². The molecule has 0 saturated carbocycles. The molecule has 1 rings (SSSR count). The number of rotatable bonds is 2. The summed E-state index contributed by atoms with van der Waals surface area (Å²) in [4.78, 5) is 0. The van der Waals surface area contributed by atoms with Gasteiger partial charge in [-0.1, -0.05) is 6.92 Å². The zero-order chi connectivity index (χ0) is 5.98. The van der Waals surface area contributed by atoms with Crippen LogP contribution >= 0.6 is 0 Å². The van der Waals surface area contributed by atoms with E-state index in [2.05, 4.69) is 17.6 Å². The first-order chi connectivity index (χ1) is 3.84. The summed E-state index contributed by atoms with van der Waals surface area (Å²) in [7, 11) is 1.99. The van der Waals surface area contributed by atoms with E-state index in [4.69, 9.17) is 0 Å². The van der Waals surface area contributed by atoms with Crippen molar-refractivity contribution in [3.05, 3.63) is 0 Å². The molecule has 0 amide bonds. The summed E-state index contributed by atoms with van der Waals surface area (Å²) >= 11 is 0. The van der Waals surface area contributed by atoms with Crippen molar-refractivity contribution in [2.24, 2.45) is 5.92 Å². The van der Waals surface area contributed by atoms with E-state index in [1.165, 1.54) is 6.54 Å². The second kappa shape index (κ2) is 2.46. The highest BCUT2D eigenvalue weighted by Crippen LogP contribution is 2.09. The van der Waals surface area contributed by atoms with Crippen LogP contribution < -0.4 is 10.6 Å². The van der Waals surface area contributed by atoms with Crippen LogP contribution in [-0.4, -0.2) is 26.2 Å². The lowest BCUT2D eigenvalue weighted by molar-refractivity contribution is 0.250. The van der Waals surface area contributed by atoms with E-state index in [-0.39, 0.29) is 0 Å². The smallest absolute Gasteiger partial charge is 0.0230 e. The number of likely N-dealkylation sites (N-methyl/N-ethyl adjacent to an activating group) is 1. The van der Waals surface area contributed by atoms with Crippen molar-refractivity contribution >= 4 is 0 Å². The van der Waals surface area contributed by atoms with Gasteiger partial charge < -0.3 is 10.6 Å². The van der Waals surface area contributed by atoms with Gasteiger partial charge in [0.05, 0.1) is 0 Å². The minimum Gasteiger partial charge on any atom is -0.318 e. The normalized spacial score (nSPS) is 36.8. The van der Waals surface area contributed by atoms with E-state index in [1.54, 1.807) is 0 Å². The van der Waals surface area contributed by atoms with Crippen LogP contribution in [0.4, 0.5) is 0 Å². The molecule has 0 aromatic heterocycles. The van der Waals surface area contributed by atoms with Gasteiger partial charge in [-0.05, 0) is 19.5 Å². The van der Waals surface area contributed by atoms with E-state index in [1.807, 2.05) is 7.05 Å². The lowest BCUT2D eigenvalue weighted by Crippen LogP contribution is -2.55. The summed E-state index contributed by atoms with van der Waals surface area (Å²) in [5.41, 5.74) is 0. The average molecular weight is 114 g/mol. The fraction of sp³-hybridized carbons (Fsp3) is 1.00. The van der Waals surface area contributed by atoms with E-state index >= 15 is 0 Å². The summed E-state index contributed by atoms with van der Waals surface area (Å²) in [6, 6.07) is 0.736. The molecule has 1 aliphatic rings. The van der Waals surface area contributed by atoms with Crippen molar-refractivity contribution in [2.75, 3.05) is 20.1 Å². The molecule has 48 valence electrons. The Morgan fingerprint density at radius 2 is 2.50 bits per heavy atom. The van der Waals surface area contributed by atoms with Crippen molar-refractivity contribution in [3.63, 3.8) is 0 Å². The second-order valence-corrected chi connectivity index (χ2v) is 2.55. The number of nitrogens with one attached hydrogen (secondary N) is 2. The maximum atomic E-state index is 3.33. The first kappa shape index (κ1) is 6.05. The van der Waals surface area contributed by atoms with Crippen LogP contribution in [-0.2, 0) is 0 Å². The molecule has 0 radical (unpaired) electrons. The van der Waals surface area contributed by atoms with Crippen LogP contribution in [0.2, 0.25) is 0 Å². The molecule has 2 atom stereocenters. The quantitative estimate of drug-likeness (QED) is 0.520. The third-order valence-electron chi connectivity index (χ3n) is 1.81. The fourth-order valence-corrected chi connectivity index (χ4v) is 1.01. The summed E-state index contributed by atoms with van der Waals surface area (Å²) in [5, 5.41) is 6.47. The highest BCUT2D eigenvalue weighted by Gasteiger charge is 2.24. The molecule has 0 aliphatic carbocycles. The zero-order valence-electron chi connectivity index (χ0n) is 5.57. The largest absolute Gasteiger partial charge is 0.318 e. The SMILES string of the molecule is CNC[C@H]1NC[C@H]1C. The monoisotopic (exact) mass is 114 g/mol. The first-order valence-electron chi connectivity index (χ1n) is 3.22. The molecule has 1 fully saturated rings. The molecule has 0 bridgehead atoms. The van der Waals surface area contributed by atoms with E-state index in [0.29, 0.717) is 0 Å². The van der Waals surface area contributed by atoms with Gasteiger partial charge in [-0.25, -0.2) is 0 Å². The molecular weight excluding hydrogens is 100 g/mol. The molecule has 2 nitrogen and oxygen atoms in total. The van der Waals surface area contributed by atoms with E-state index in [0.717, 1.165) is 18.5 Å². The van der Waals surface area contributed by atoms with Gasteiger partial charge >= 0.3 is 0 Å². The summed E-state index contributed by atoms with van der Waals surface area (Å²) < 4.78 is 0. The van der Waals surface area contributed by atoms with Crippen LogP contribution in [0, 0.1) is 5.92 Å². The second-order valence-electron chi connectivity index (χ2n) is 2.55. The Morgan fingerprint density at radius 1 is 1.75 bits per heavy atom. The van der Waals surface area contributed by atoms with E-state index < -0.39 is 0 Å². The molecule has 0 unspecified atom stereocenters. The van der Waals surface area contributed by atoms with Crippen molar-refractivity contribution < 1.29 is 0 Å². The van der Waals surface area contributed by atoms with Crippen molar-refractivity contribution in [1.29, 1.82) is 0 Å². The van der Waals surface area contributed by atoms with Gasteiger partial charge in [-0.3, -0.25) is 0 Å². The first-order valence-corrected chi connectivity index (χ1v) is 3.22. The molecule has 0 aromatic rings. The Hall–Kier alpha value is -0.0800. The van der Waals surface area contributed by atoms with Gasteiger partial charge in [0.2, 0.25) is 0 Å². The molecule has 0 spiro atoms. The Labute approximate surface area is 50.7 Å². The highest BCUT2D eigenvalue weighted by molar-refractivity contribution is 4.85. The van der Waals surface area contributed by atoms with Gasteiger partial charge in [-0.2, -0.15) is 0 Å². The van der Waals surface area contributed by atoms with Crippen LogP contribution in [0.15, 0.2) is 0 Å². The van der Waals surface area contributed by atoms with Crippen molar-refractivity contribution in [3.8, 4) is 0 Å². The predicted octanol–water partition coefficient (Wildman–Crippen LogP) is -0.186. The molecule has 2 N–H and O–H groups in total. The van der Waals surface area contributed by atoms with Crippen LogP contribution in [0.3, 0.4) is 0 Å². The fourth-order valence-electron chi connectivity index (χ4n) is 1.01. The van der Waals surface area contributed by atoms with Crippen molar-refractivity contribution in [1.82, 2.24) is 10.6 Å². The van der Waals surface area contributed by atoms with Gasteiger partial charge in [0, 0.05) is 12.6 Å². The Morgan fingerprint density at radius 3 is 2.62 bits per heavy atom. The maximum absolute atomic E-state index is 3.33. The van der Waals surface area contributed by atoms with E-state index in [9.17, 15) is 0 Å². The molecule has 1 saturated heterocycles. The van der Waals surface area contributed by atoms with Gasteiger partial charge in [0.25, 0.3) is 0 Å². The van der Waals surface area contributed by atoms with Crippen LogP contribution in [0.25, 0.3) is 0 Å². The Bertz CT molecular complexity index is 72.9. The Kier molecular flexibility index (Phi) is 1.86. The molecule has 8 heavy (non-hydrogen) atoms. The third-order valence-corrected chi connectivity index (χ3v) is 1.81. The summed E-state index contributed by atoms with van der Waals surface area (Å²) in [6.07, 6.45) is 0. The zero-order valence-corrected chi connectivity index (χ0v) is 5.57. The molecule has 2 heteroatoms. The topological polar surface area (TPSA) is 24.1 Å². The lowest BCUT2D eigenvalue weighted by atomic mass is 9.94. The van der Waals surface area contributed by atoms with Gasteiger partial charge in [-0.15, -0.1) is 0 Å². The van der Waals surface area contributed by atoms with Crippen molar-refractivity contribution in [2.45, 2.75) is 13.0 Å². The Balaban J connectivity index is 2.08. The minimum atomic E-state index is 0.736. The average Bonchev–Trinajstić information content (AvgIpc) is 1.79. The van der Waals surface area contributed by atoms with Gasteiger partial charge in [0.1, 0.15) is 0 Å². The summed E-state index contributed by atoms with van der Waals surface area (Å²) in [6.45, 7) is 4.59. The minimum absolute atomic E-state index is 0.736.